The van der Waals surface area contributed by atoms with E-state index in [0.717, 1.165) is 58.3 Å². The SMILES string of the molecule is CCCC(C)Oc1nc(N)c2[nH]c(=O)n(CCCCCN3CCN(CC)CC3)c2n1. The number of aromatic nitrogens is 4. The number of nitrogens with one attached hydrogen (secondary N) is 1. The molecule has 0 aliphatic carbocycles. The van der Waals surface area contributed by atoms with Crippen LogP contribution in [0.4, 0.5) is 5.82 Å². The van der Waals surface area contributed by atoms with Crippen molar-refractivity contribution in [2.24, 2.45) is 0 Å². The largest absolute Gasteiger partial charge is 0.460 e. The first-order valence-corrected chi connectivity index (χ1v) is 11.4. The summed E-state index contributed by atoms with van der Waals surface area (Å²) in [4.78, 5) is 28.9. The lowest BCUT2D eigenvalue weighted by Gasteiger charge is -2.33. The number of piperazine rings is 1. The van der Waals surface area contributed by atoms with Gasteiger partial charge >= 0.3 is 11.7 Å². The van der Waals surface area contributed by atoms with Crippen molar-refractivity contribution in [1.82, 2.24) is 29.3 Å². The van der Waals surface area contributed by atoms with Gasteiger partial charge in [-0.3, -0.25) is 4.57 Å². The van der Waals surface area contributed by atoms with Crippen molar-refractivity contribution in [3.63, 3.8) is 0 Å². The van der Waals surface area contributed by atoms with Gasteiger partial charge in [0, 0.05) is 32.7 Å². The van der Waals surface area contributed by atoms with E-state index >= 15 is 0 Å². The van der Waals surface area contributed by atoms with Crippen LogP contribution < -0.4 is 16.2 Å². The number of fused-ring (bicyclic) bond motifs is 1. The fourth-order valence-corrected chi connectivity index (χ4v) is 4.05. The van der Waals surface area contributed by atoms with Gasteiger partial charge < -0.3 is 25.3 Å². The molecular formula is C21H37N7O2. The Morgan fingerprint density at radius 2 is 1.77 bits per heavy atom. The number of rotatable bonds is 11. The van der Waals surface area contributed by atoms with Crippen molar-refractivity contribution in [2.75, 3.05) is 45.0 Å². The van der Waals surface area contributed by atoms with E-state index in [1.54, 1.807) is 4.57 Å². The maximum atomic E-state index is 12.4. The van der Waals surface area contributed by atoms with E-state index in [4.69, 9.17) is 10.5 Å². The molecular weight excluding hydrogens is 382 g/mol. The molecule has 0 spiro atoms. The number of hydrogen-bond donors (Lipinski definition) is 2. The smallest absolute Gasteiger partial charge is 0.327 e. The predicted octanol–water partition coefficient (Wildman–Crippen LogP) is 2.08. The highest BCUT2D eigenvalue weighted by atomic mass is 16.5. The normalized spacial score (nSPS) is 16.9. The molecule has 3 rings (SSSR count). The minimum absolute atomic E-state index is 0.00477. The van der Waals surface area contributed by atoms with E-state index in [1.165, 1.54) is 13.1 Å². The predicted molar refractivity (Wildman–Crippen MR) is 120 cm³/mol. The van der Waals surface area contributed by atoms with E-state index in [2.05, 4.69) is 38.6 Å². The van der Waals surface area contributed by atoms with Gasteiger partial charge in [0.25, 0.3) is 0 Å². The molecule has 1 unspecified atom stereocenters. The highest BCUT2D eigenvalue weighted by Crippen LogP contribution is 2.19. The summed E-state index contributed by atoms with van der Waals surface area (Å²) in [6.45, 7) is 13.9. The zero-order valence-corrected chi connectivity index (χ0v) is 18.7. The second-order valence-corrected chi connectivity index (χ2v) is 8.23. The van der Waals surface area contributed by atoms with Crippen LogP contribution in [-0.4, -0.2) is 74.7 Å². The summed E-state index contributed by atoms with van der Waals surface area (Å²) in [5.41, 5.74) is 6.87. The average molecular weight is 420 g/mol. The van der Waals surface area contributed by atoms with Crippen LogP contribution in [0.3, 0.4) is 0 Å². The summed E-state index contributed by atoms with van der Waals surface area (Å²) in [7, 11) is 0. The van der Waals surface area contributed by atoms with Gasteiger partial charge in [-0.15, -0.1) is 0 Å². The van der Waals surface area contributed by atoms with Crippen molar-refractivity contribution in [3.05, 3.63) is 10.5 Å². The molecule has 1 aliphatic rings. The van der Waals surface area contributed by atoms with Crippen molar-refractivity contribution in [3.8, 4) is 6.01 Å². The number of hydrogen-bond acceptors (Lipinski definition) is 7. The molecule has 9 nitrogen and oxygen atoms in total. The summed E-state index contributed by atoms with van der Waals surface area (Å²) in [6.07, 6.45) is 5.07. The first kappa shape index (κ1) is 22.6. The zero-order chi connectivity index (χ0) is 21.5. The van der Waals surface area contributed by atoms with Gasteiger partial charge in [-0.1, -0.05) is 26.7 Å². The molecule has 1 aliphatic heterocycles. The van der Waals surface area contributed by atoms with Crippen LogP contribution in [0.25, 0.3) is 11.2 Å². The molecule has 0 saturated carbocycles. The number of ether oxygens (including phenoxy) is 1. The van der Waals surface area contributed by atoms with Crippen molar-refractivity contribution < 1.29 is 4.74 Å². The van der Waals surface area contributed by atoms with Gasteiger partial charge in [0.1, 0.15) is 5.52 Å². The second-order valence-electron chi connectivity index (χ2n) is 8.23. The standard InChI is InChI=1S/C21H37N7O2/c1-4-9-16(3)30-20-24-18(22)17-19(25-20)28(21(29)23-17)11-8-6-7-10-27-14-12-26(5-2)13-15-27/h16H,4-15H2,1-3H3,(H,23,29)(H2,22,24,25). The maximum absolute atomic E-state index is 12.4. The Labute approximate surface area is 178 Å². The Kier molecular flexibility index (Phi) is 8.09. The Bertz CT molecular complexity index is 855. The summed E-state index contributed by atoms with van der Waals surface area (Å²) in [5.74, 6) is 0.251. The lowest BCUT2D eigenvalue weighted by Crippen LogP contribution is -2.46. The van der Waals surface area contributed by atoms with Gasteiger partial charge in [0.15, 0.2) is 11.5 Å². The number of aryl methyl sites for hydroxylation is 1. The van der Waals surface area contributed by atoms with Gasteiger partial charge in [-0.2, -0.15) is 9.97 Å². The molecule has 30 heavy (non-hydrogen) atoms. The number of imidazole rings is 1. The number of unbranched alkanes of at least 4 members (excludes halogenated alkanes) is 2. The molecule has 1 fully saturated rings. The Morgan fingerprint density at radius 3 is 2.47 bits per heavy atom. The van der Waals surface area contributed by atoms with Gasteiger partial charge in [0.05, 0.1) is 6.10 Å². The highest BCUT2D eigenvalue weighted by Gasteiger charge is 2.17. The Balaban J connectivity index is 1.54. The lowest BCUT2D eigenvalue weighted by molar-refractivity contribution is 0.135. The van der Waals surface area contributed by atoms with E-state index < -0.39 is 0 Å². The first-order chi connectivity index (χ1) is 14.5. The molecule has 0 bridgehead atoms. The topological polar surface area (TPSA) is 105 Å². The van der Waals surface area contributed by atoms with Crippen LogP contribution in [0.5, 0.6) is 6.01 Å². The molecule has 3 N–H and O–H groups in total. The number of nitrogens with zero attached hydrogens (tertiary/aromatic N) is 5. The summed E-state index contributed by atoms with van der Waals surface area (Å²) in [5, 5.41) is 0. The third kappa shape index (κ3) is 5.72. The minimum Gasteiger partial charge on any atom is -0.460 e. The third-order valence-corrected chi connectivity index (χ3v) is 5.90. The van der Waals surface area contributed by atoms with Crippen molar-refractivity contribution in [1.29, 1.82) is 0 Å². The van der Waals surface area contributed by atoms with Crippen LogP contribution in [-0.2, 0) is 6.54 Å². The highest BCUT2D eigenvalue weighted by molar-refractivity contribution is 5.81. The van der Waals surface area contributed by atoms with Crippen molar-refractivity contribution in [2.45, 2.75) is 65.5 Å². The molecule has 9 heteroatoms. The molecule has 2 aromatic heterocycles. The zero-order valence-electron chi connectivity index (χ0n) is 18.7. The number of aromatic amines is 1. The number of nitrogen functional groups attached to an aromatic ring is 1. The first-order valence-electron chi connectivity index (χ1n) is 11.4. The van der Waals surface area contributed by atoms with Crippen LogP contribution in [0.15, 0.2) is 4.79 Å². The quantitative estimate of drug-likeness (QED) is 0.537. The fourth-order valence-electron chi connectivity index (χ4n) is 4.05. The summed E-state index contributed by atoms with van der Waals surface area (Å²) in [6, 6.07) is 0.236. The lowest BCUT2D eigenvalue weighted by atomic mass is 10.2. The molecule has 1 atom stereocenters. The molecule has 2 aromatic rings. The van der Waals surface area contributed by atoms with Crippen LogP contribution in [0.2, 0.25) is 0 Å². The molecule has 0 aromatic carbocycles. The Morgan fingerprint density at radius 1 is 1.07 bits per heavy atom. The van der Waals surface area contributed by atoms with E-state index in [9.17, 15) is 4.79 Å². The Hall–Kier alpha value is -2.13. The molecule has 1 saturated heterocycles. The van der Waals surface area contributed by atoms with E-state index in [1.807, 2.05) is 6.92 Å². The molecule has 3 heterocycles. The fraction of sp³-hybridized carbons (Fsp3) is 0.762. The van der Waals surface area contributed by atoms with E-state index in [0.29, 0.717) is 17.7 Å². The van der Waals surface area contributed by atoms with Gasteiger partial charge in [-0.25, -0.2) is 4.79 Å². The number of likely N-dealkylation sites (N-methyl/N-ethyl adjacent to an activating group) is 1. The molecule has 0 amide bonds. The van der Waals surface area contributed by atoms with Crippen LogP contribution in [0, 0.1) is 0 Å². The van der Waals surface area contributed by atoms with Crippen molar-refractivity contribution >= 4 is 17.0 Å². The van der Waals surface area contributed by atoms with Gasteiger partial charge in [-0.05, 0) is 39.3 Å². The van der Waals surface area contributed by atoms with Crippen LogP contribution >= 0.6 is 0 Å². The van der Waals surface area contributed by atoms with E-state index in [-0.39, 0.29) is 23.6 Å². The number of anilines is 1. The minimum atomic E-state index is -0.194. The van der Waals surface area contributed by atoms with Crippen LogP contribution in [0.1, 0.15) is 52.9 Å². The third-order valence-electron chi connectivity index (χ3n) is 5.90. The average Bonchev–Trinajstić information content (AvgIpc) is 3.04. The molecule has 0 radical (unpaired) electrons. The second kappa shape index (κ2) is 10.8. The maximum Gasteiger partial charge on any atom is 0.327 e. The summed E-state index contributed by atoms with van der Waals surface area (Å²) < 4.78 is 7.45. The number of nitrogens with two attached hydrogens (primary N) is 1. The molecule has 168 valence electrons. The van der Waals surface area contributed by atoms with Gasteiger partial charge in [0.2, 0.25) is 0 Å². The number of H-pyrrole nitrogens is 1. The monoisotopic (exact) mass is 419 g/mol. The summed E-state index contributed by atoms with van der Waals surface area (Å²) >= 11 is 0.